The molecule has 8 nitrogen and oxygen atoms in total. The van der Waals surface area contributed by atoms with Gasteiger partial charge in [0.05, 0.1) is 10.9 Å². The maximum absolute atomic E-state index is 15.7. The number of aromatic carboxylic acids is 1. The largest absolute Gasteiger partial charge is 0.477 e. The molecule has 1 aliphatic carbocycles. The molecule has 4 N–H and O–H groups in total. The SMILES string of the molecule is C[C@@H]1CN(c2c(F)c(NO)c3c(=O)c(C(=O)O)cn(C4CC4)c3c2F)C[C@H](C)N1. The fourth-order valence-corrected chi connectivity index (χ4v) is 4.21. The molecule has 29 heavy (non-hydrogen) atoms. The van der Waals surface area contributed by atoms with Gasteiger partial charge in [-0.2, -0.15) is 0 Å². The van der Waals surface area contributed by atoms with Crippen molar-refractivity contribution in [3.8, 4) is 0 Å². The molecule has 1 aromatic heterocycles. The second-order valence-electron chi connectivity index (χ2n) is 7.88. The van der Waals surface area contributed by atoms with Crippen molar-refractivity contribution < 1.29 is 23.9 Å². The van der Waals surface area contributed by atoms with Crippen molar-refractivity contribution in [3.05, 3.63) is 33.6 Å². The van der Waals surface area contributed by atoms with Crippen molar-refractivity contribution in [1.29, 1.82) is 0 Å². The zero-order valence-corrected chi connectivity index (χ0v) is 16.0. The second kappa shape index (κ2) is 6.96. The fourth-order valence-electron chi connectivity index (χ4n) is 4.21. The van der Waals surface area contributed by atoms with Gasteiger partial charge in [-0.05, 0) is 26.7 Å². The standard InChI is InChI=1S/C19H22F2N4O4/c1-8-5-24(6-9(2)22-8)17-13(20)15(23-29)12-16(14(17)21)25(10-3-4-10)7-11(18(12)26)19(27)28/h7-10,22-23,29H,3-6H2,1-2H3,(H,27,28)/t8-,9+. The normalized spacial score (nSPS) is 22.2. The van der Waals surface area contributed by atoms with E-state index in [0.29, 0.717) is 25.9 Å². The highest BCUT2D eigenvalue weighted by Crippen LogP contribution is 2.42. The number of anilines is 2. The van der Waals surface area contributed by atoms with Crippen LogP contribution in [0.25, 0.3) is 10.9 Å². The van der Waals surface area contributed by atoms with Gasteiger partial charge in [0.1, 0.15) is 16.9 Å². The van der Waals surface area contributed by atoms with E-state index < -0.39 is 39.7 Å². The van der Waals surface area contributed by atoms with Crippen molar-refractivity contribution in [2.24, 2.45) is 0 Å². The van der Waals surface area contributed by atoms with Crippen LogP contribution in [-0.4, -0.2) is 46.0 Å². The quantitative estimate of drug-likeness (QED) is 0.575. The molecule has 0 unspecified atom stereocenters. The molecule has 1 saturated carbocycles. The minimum absolute atomic E-state index is 0.0289. The summed E-state index contributed by atoms with van der Waals surface area (Å²) in [7, 11) is 0. The van der Waals surface area contributed by atoms with Crippen molar-refractivity contribution in [3.63, 3.8) is 0 Å². The third kappa shape index (κ3) is 3.12. The molecule has 1 aliphatic heterocycles. The monoisotopic (exact) mass is 408 g/mol. The van der Waals surface area contributed by atoms with Gasteiger partial charge in [0.25, 0.3) is 0 Å². The molecule has 4 rings (SSSR count). The molecule has 0 bridgehead atoms. The van der Waals surface area contributed by atoms with Crippen molar-refractivity contribution in [1.82, 2.24) is 9.88 Å². The highest BCUT2D eigenvalue weighted by molar-refractivity contribution is 6.00. The number of rotatable bonds is 4. The first-order valence-electron chi connectivity index (χ1n) is 9.48. The van der Waals surface area contributed by atoms with Crippen molar-refractivity contribution >= 4 is 28.2 Å². The van der Waals surface area contributed by atoms with E-state index in [1.54, 1.807) is 10.4 Å². The van der Waals surface area contributed by atoms with Gasteiger partial charge in [-0.25, -0.2) is 13.6 Å². The zero-order valence-electron chi connectivity index (χ0n) is 16.0. The summed E-state index contributed by atoms with van der Waals surface area (Å²) in [5.74, 6) is -3.55. The van der Waals surface area contributed by atoms with Gasteiger partial charge < -0.3 is 19.9 Å². The summed E-state index contributed by atoms with van der Waals surface area (Å²) in [6.07, 6.45) is 2.49. The number of nitrogens with zero attached hydrogens (tertiary/aromatic N) is 2. The average molecular weight is 408 g/mol. The Morgan fingerprint density at radius 3 is 2.34 bits per heavy atom. The van der Waals surface area contributed by atoms with Crippen LogP contribution in [-0.2, 0) is 0 Å². The van der Waals surface area contributed by atoms with Gasteiger partial charge in [0.2, 0.25) is 5.43 Å². The Morgan fingerprint density at radius 2 is 1.83 bits per heavy atom. The zero-order chi connectivity index (χ0) is 21.0. The Kier molecular flexibility index (Phi) is 4.70. The number of aromatic nitrogens is 1. The molecule has 2 atom stereocenters. The molecule has 0 radical (unpaired) electrons. The average Bonchev–Trinajstić information content (AvgIpc) is 3.46. The van der Waals surface area contributed by atoms with Crippen LogP contribution >= 0.6 is 0 Å². The number of halogens is 2. The molecule has 0 amide bonds. The van der Waals surface area contributed by atoms with Gasteiger partial charge in [-0.3, -0.25) is 15.5 Å². The molecule has 2 fully saturated rings. The number of carboxylic acid groups (broad SMARTS) is 1. The van der Waals surface area contributed by atoms with Gasteiger partial charge in [-0.1, -0.05) is 0 Å². The van der Waals surface area contributed by atoms with E-state index in [4.69, 9.17) is 0 Å². The number of hydrogen-bond donors (Lipinski definition) is 4. The molecule has 1 saturated heterocycles. The minimum Gasteiger partial charge on any atom is -0.477 e. The predicted octanol–water partition coefficient (Wildman–Crippen LogP) is 2.30. The molecule has 1 aromatic carbocycles. The highest BCUT2D eigenvalue weighted by atomic mass is 19.1. The number of pyridine rings is 1. The Bertz CT molecular complexity index is 1060. The smallest absolute Gasteiger partial charge is 0.341 e. The summed E-state index contributed by atoms with van der Waals surface area (Å²) in [6, 6.07) is -0.242. The summed E-state index contributed by atoms with van der Waals surface area (Å²) in [5, 5.41) is 21.7. The summed E-state index contributed by atoms with van der Waals surface area (Å²) < 4.78 is 32.5. The maximum Gasteiger partial charge on any atom is 0.341 e. The van der Waals surface area contributed by atoms with Crippen LogP contribution in [0.2, 0.25) is 0 Å². The highest BCUT2D eigenvalue weighted by Gasteiger charge is 2.34. The number of hydrogen-bond acceptors (Lipinski definition) is 6. The maximum atomic E-state index is 15.7. The van der Waals surface area contributed by atoms with E-state index >= 15 is 8.78 Å². The van der Waals surface area contributed by atoms with Gasteiger partial charge in [0, 0.05) is 37.4 Å². The first-order valence-corrected chi connectivity index (χ1v) is 9.48. The van der Waals surface area contributed by atoms with Crippen molar-refractivity contribution in [2.45, 2.75) is 44.8 Å². The predicted molar refractivity (Wildman–Crippen MR) is 103 cm³/mol. The van der Waals surface area contributed by atoms with Gasteiger partial charge in [-0.15, -0.1) is 0 Å². The van der Waals surface area contributed by atoms with Gasteiger partial charge in [0.15, 0.2) is 11.6 Å². The number of nitrogens with one attached hydrogen (secondary N) is 2. The van der Waals surface area contributed by atoms with Crippen LogP contribution in [0.1, 0.15) is 43.1 Å². The Hall–Kier alpha value is -2.72. The molecular weight excluding hydrogens is 386 g/mol. The lowest BCUT2D eigenvalue weighted by Crippen LogP contribution is -2.54. The van der Waals surface area contributed by atoms with Crippen LogP contribution < -0.4 is 21.1 Å². The number of benzene rings is 1. The topological polar surface area (TPSA) is 107 Å². The summed E-state index contributed by atoms with van der Waals surface area (Å²) in [6.45, 7) is 4.44. The Morgan fingerprint density at radius 1 is 1.21 bits per heavy atom. The van der Waals surface area contributed by atoms with Crippen LogP contribution in [0.5, 0.6) is 0 Å². The number of carbonyl (C=O) groups is 1. The third-order valence-corrected chi connectivity index (χ3v) is 5.48. The van der Waals surface area contributed by atoms with Crippen LogP contribution in [0.15, 0.2) is 11.0 Å². The first kappa shape index (κ1) is 19.6. The molecule has 2 heterocycles. The van der Waals surface area contributed by atoms with E-state index in [9.17, 15) is 19.9 Å². The van der Waals surface area contributed by atoms with E-state index in [1.165, 1.54) is 4.57 Å². The Labute approximate surface area is 164 Å². The van der Waals surface area contributed by atoms with E-state index in [2.05, 4.69) is 5.32 Å². The lowest BCUT2D eigenvalue weighted by Gasteiger charge is -2.38. The van der Waals surface area contributed by atoms with Crippen molar-refractivity contribution in [2.75, 3.05) is 23.5 Å². The lowest BCUT2D eigenvalue weighted by atomic mass is 10.0. The first-order chi connectivity index (χ1) is 13.7. The van der Waals surface area contributed by atoms with E-state index in [-0.39, 0.29) is 29.3 Å². The van der Waals surface area contributed by atoms with E-state index in [0.717, 1.165) is 6.20 Å². The number of fused-ring (bicyclic) bond motifs is 1. The summed E-state index contributed by atoms with van der Waals surface area (Å²) in [5.41, 5.74) is -1.13. The molecule has 2 aliphatic rings. The van der Waals surface area contributed by atoms with E-state index in [1.807, 2.05) is 13.8 Å². The van der Waals surface area contributed by atoms with Crippen LogP contribution in [0, 0.1) is 11.6 Å². The minimum atomic E-state index is -1.50. The molecule has 2 aromatic rings. The molecule has 156 valence electrons. The molecule has 0 spiro atoms. The third-order valence-electron chi connectivity index (χ3n) is 5.48. The molecular formula is C19H22F2N4O4. The lowest BCUT2D eigenvalue weighted by molar-refractivity contribution is 0.0694. The van der Waals surface area contributed by atoms with Gasteiger partial charge >= 0.3 is 5.97 Å². The molecule has 10 heteroatoms. The summed E-state index contributed by atoms with van der Waals surface area (Å²) in [4.78, 5) is 25.8. The second-order valence-corrected chi connectivity index (χ2v) is 7.88. The number of carboxylic acids is 1. The van der Waals surface area contributed by atoms with Crippen LogP contribution in [0.3, 0.4) is 0 Å². The van der Waals surface area contributed by atoms with Crippen LogP contribution in [0.4, 0.5) is 20.2 Å². The fraction of sp³-hybridized carbons (Fsp3) is 0.474. The Balaban J connectivity index is 2.08. The summed E-state index contributed by atoms with van der Waals surface area (Å²) >= 11 is 0. The number of piperazine rings is 1.